The van der Waals surface area contributed by atoms with Crippen molar-refractivity contribution in [1.29, 1.82) is 0 Å². The molecule has 0 aromatic rings. The fraction of sp³-hybridized carbons (Fsp3) is 1.00. The van der Waals surface area contributed by atoms with Gasteiger partial charge in [-0.3, -0.25) is 0 Å². The summed E-state index contributed by atoms with van der Waals surface area (Å²) in [6, 6.07) is 0. The lowest BCUT2D eigenvalue weighted by atomic mass is 9.73. The van der Waals surface area contributed by atoms with E-state index in [2.05, 4.69) is 11.9 Å². The Bertz CT molecular complexity index is 233. The van der Waals surface area contributed by atoms with Crippen LogP contribution >= 0.6 is 0 Å². The van der Waals surface area contributed by atoms with Crippen molar-refractivity contribution in [2.75, 3.05) is 39.9 Å². The molecule has 3 heteroatoms. The maximum absolute atomic E-state index is 6.07. The fourth-order valence-electron chi connectivity index (χ4n) is 3.74. The van der Waals surface area contributed by atoms with E-state index < -0.39 is 0 Å². The molecule has 18 heavy (non-hydrogen) atoms. The maximum atomic E-state index is 6.07. The minimum Gasteiger partial charge on any atom is -0.381 e. The van der Waals surface area contributed by atoms with Gasteiger partial charge in [0.2, 0.25) is 0 Å². The molecule has 0 spiro atoms. The highest BCUT2D eigenvalue weighted by molar-refractivity contribution is 4.86. The molecule has 3 nitrogen and oxygen atoms in total. The standard InChI is InChI=1S/C15H30N2O/c1-17(11-14-5-9-18-10-6-14)13-15(12-16)7-3-2-4-8-15/h14H,2-13,16H2,1H3. The van der Waals surface area contributed by atoms with Gasteiger partial charge in [0.25, 0.3) is 0 Å². The molecule has 1 aliphatic carbocycles. The Hall–Kier alpha value is -0.120. The fourth-order valence-corrected chi connectivity index (χ4v) is 3.74. The number of nitrogens with zero attached hydrogens (tertiary/aromatic N) is 1. The van der Waals surface area contributed by atoms with E-state index >= 15 is 0 Å². The first kappa shape index (κ1) is 14.3. The van der Waals surface area contributed by atoms with E-state index in [0.717, 1.165) is 25.7 Å². The molecule has 2 fully saturated rings. The summed E-state index contributed by atoms with van der Waals surface area (Å²) in [6.07, 6.45) is 9.30. The molecule has 0 amide bonds. The molecule has 0 radical (unpaired) electrons. The Labute approximate surface area is 112 Å². The number of hydrogen-bond donors (Lipinski definition) is 1. The molecule has 0 aromatic heterocycles. The third-order valence-corrected chi connectivity index (χ3v) is 4.86. The minimum atomic E-state index is 0.415. The summed E-state index contributed by atoms with van der Waals surface area (Å²) in [5, 5.41) is 0. The van der Waals surface area contributed by atoms with Crippen molar-refractivity contribution >= 4 is 0 Å². The average Bonchev–Trinajstić information content (AvgIpc) is 2.41. The van der Waals surface area contributed by atoms with E-state index in [4.69, 9.17) is 10.5 Å². The van der Waals surface area contributed by atoms with E-state index in [9.17, 15) is 0 Å². The third kappa shape index (κ3) is 3.94. The zero-order valence-electron chi connectivity index (χ0n) is 12.0. The number of rotatable bonds is 5. The van der Waals surface area contributed by atoms with E-state index in [1.54, 1.807) is 0 Å². The van der Waals surface area contributed by atoms with Gasteiger partial charge in [0.05, 0.1) is 0 Å². The predicted octanol–water partition coefficient (Wildman–Crippen LogP) is 2.25. The number of hydrogen-bond acceptors (Lipinski definition) is 3. The van der Waals surface area contributed by atoms with Gasteiger partial charge in [-0.2, -0.15) is 0 Å². The molecule has 0 atom stereocenters. The van der Waals surface area contributed by atoms with Gasteiger partial charge in [-0.1, -0.05) is 19.3 Å². The van der Waals surface area contributed by atoms with Gasteiger partial charge in [0, 0.05) is 26.3 Å². The largest absolute Gasteiger partial charge is 0.381 e. The second kappa shape index (κ2) is 6.88. The summed E-state index contributed by atoms with van der Waals surface area (Å²) >= 11 is 0. The van der Waals surface area contributed by atoms with Crippen LogP contribution in [0.15, 0.2) is 0 Å². The lowest BCUT2D eigenvalue weighted by Gasteiger charge is -2.40. The summed E-state index contributed by atoms with van der Waals surface area (Å²) in [4.78, 5) is 2.54. The van der Waals surface area contributed by atoms with Crippen LogP contribution in [0.4, 0.5) is 0 Å². The Balaban J connectivity index is 1.78. The monoisotopic (exact) mass is 254 g/mol. The van der Waals surface area contributed by atoms with Crippen LogP contribution in [0.5, 0.6) is 0 Å². The van der Waals surface area contributed by atoms with Crippen LogP contribution in [-0.4, -0.2) is 44.8 Å². The van der Waals surface area contributed by atoms with Crippen LogP contribution in [0, 0.1) is 11.3 Å². The Morgan fingerprint density at radius 1 is 1.17 bits per heavy atom. The molecule has 1 saturated heterocycles. The van der Waals surface area contributed by atoms with Crippen molar-refractivity contribution in [3.05, 3.63) is 0 Å². The van der Waals surface area contributed by atoms with Crippen LogP contribution < -0.4 is 5.73 Å². The van der Waals surface area contributed by atoms with Gasteiger partial charge in [0.1, 0.15) is 0 Å². The zero-order chi connectivity index (χ0) is 12.8. The van der Waals surface area contributed by atoms with Gasteiger partial charge >= 0.3 is 0 Å². The van der Waals surface area contributed by atoms with Crippen LogP contribution in [0.2, 0.25) is 0 Å². The van der Waals surface area contributed by atoms with Crippen molar-refractivity contribution in [1.82, 2.24) is 4.90 Å². The summed E-state index contributed by atoms with van der Waals surface area (Å²) in [5.41, 5.74) is 6.49. The lowest BCUT2D eigenvalue weighted by molar-refractivity contribution is 0.0459. The van der Waals surface area contributed by atoms with Crippen LogP contribution in [0.3, 0.4) is 0 Å². The van der Waals surface area contributed by atoms with Crippen molar-refractivity contribution < 1.29 is 4.74 Å². The van der Waals surface area contributed by atoms with Crippen LogP contribution in [0.1, 0.15) is 44.9 Å². The second-order valence-corrected chi connectivity index (χ2v) is 6.52. The second-order valence-electron chi connectivity index (χ2n) is 6.52. The zero-order valence-corrected chi connectivity index (χ0v) is 12.0. The van der Waals surface area contributed by atoms with E-state index in [1.165, 1.54) is 58.0 Å². The van der Waals surface area contributed by atoms with Crippen molar-refractivity contribution in [2.24, 2.45) is 17.1 Å². The van der Waals surface area contributed by atoms with E-state index in [-0.39, 0.29) is 0 Å². The molecule has 2 N–H and O–H groups in total. The SMILES string of the molecule is CN(CC1CCOCC1)CC1(CN)CCCCC1. The van der Waals surface area contributed by atoms with Crippen LogP contribution in [0.25, 0.3) is 0 Å². The van der Waals surface area contributed by atoms with Crippen LogP contribution in [-0.2, 0) is 4.74 Å². The molecule has 106 valence electrons. The molecule has 0 aromatic carbocycles. The quantitative estimate of drug-likeness (QED) is 0.818. The molecule has 2 rings (SSSR count). The summed E-state index contributed by atoms with van der Waals surface area (Å²) in [5.74, 6) is 0.835. The van der Waals surface area contributed by atoms with Gasteiger partial charge in [0.15, 0.2) is 0 Å². The summed E-state index contributed by atoms with van der Waals surface area (Å²) in [7, 11) is 2.28. The highest BCUT2D eigenvalue weighted by Gasteiger charge is 2.32. The van der Waals surface area contributed by atoms with Gasteiger partial charge in [-0.05, 0) is 50.6 Å². The van der Waals surface area contributed by atoms with E-state index in [1.807, 2.05) is 0 Å². The van der Waals surface area contributed by atoms with Crippen molar-refractivity contribution in [3.8, 4) is 0 Å². The average molecular weight is 254 g/mol. The molecular formula is C15H30N2O. The molecule has 1 heterocycles. The maximum Gasteiger partial charge on any atom is 0.0469 e. The van der Waals surface area contributed by atoms with Gasteiger partial charge < -0.3 is 15.4 Å². The Morgan fingerprint density at radius 3 is 2.44 bits per heavy atom. The highest BCUT2D eigenvalue weighted by Crippen LogP contribution is 2.36. The van der Waals surface area contributed by atoms with Gasteiger partial charge in [-0.25, -0.2) is 0 Å². The molecule has 1 saturated carbocycles. The predicted molar refractivity (Wildman–Crippen MR) is 75.6 cm³/mol. The normalized spacial score (nSPS) is 25.5. The highest BCUT2D eigenvalue weighted by atomic mass is 16.5. The number of ether oxygens (including phenoxy) is 1. The Morgan fingerprint density at radius 2 is 1.83 bits per heavy atom. The first-order valence-corrected chi connectivity index (χ1v) is 7.70. The first-order valence-electron chi connectivity index (χ1n) is 7.70. The lowest BCUT2D eigenvalue weighted by Crippen LogP contribution is -2.44. The molecule has 0 unspecified atom stereocenters. The summed E-state index contributed by atoms with van der Waals surface area (Å²) in [6.45, 7) is 5.21. The minimum absolute atomic E-state index is 0.415. The summed E-state index contributed by atoms with van der Waals surface area (Å²) < 4.78 is 5.43. The third-order valence-electron chi connectivity index (χ3n) is 4.86. The molecule has 2 aliphatic rings. The number of nitrogens with two attached hydrogens (primary N) is 1. The van der Waals surface area contributed by atoms with Crippen molar-refractivity contribution in [2.45, 2.75) is 44.9 Å². The van der Waals surface area contributed by atoms with Crippen molar-refractivity contribution in [3.63, 3.8) is 0 Å². The topological polar surface area (TPSA) is 38.5 Å². The Kier molecular flexibility index (Phi) is 5.46. The smallest absolute Gasteiger partial charge is 0.0469 e. The first-order chi connectivity index (χ1) is 8.74. The van der Waals surface area contributed by atoms with Gasteiger partial charge in [-0.15, -0.1) is 0 Å². The van der Waals surface area contributed by atoms with E-state index in [0.29, 0.717) is 5.41 Å². The molecule has 1 aliphatic heterocycles. The molecule has 0 bridgehead atoms. The molecular weight excluding hydrogens is 224 g/mol.